The number of halogens is 1. The van der Waals surface area contributed by atoms with Gasteiger partial charge in [-0.2, -0.15) is 0 Å². The Kier molecular flexibility index (Phi) is 6.20. The van der Waals surface area contributed by atoms with Crippen molar-refractivity contribution in [2.45, 2.75) is 13.0 Å². The second kappa shape index (κ2) is 8.35. The number of hydrogen-bond acceptors (Lipinski definition) is 4. The fourth-order valence-electron chi connectivity index (χ4n) is 1.84. The third-order valence-electron chi connectivity index (χ3n) is 2.97. The molecule has 0 saturated carbocycles. The van der Waals surface area contributed by atoms with Gasteiger partial charge < -0.3 is 19.9 Å². The van der Waals surface area contributed by atoms with E-state index in [1.165, 1.54) is 0 Å². The van der Waals surface area contributed by atoms with Gasteiger partial charge in [-0.05, 0) is 47.1 Å². The molecule has 0 aliphatic carbocycles. The molecule has 0 bridgehead atoms. The fraction of sp³-hybridized carbons (Fsp3) is 0.176. The largest absolute Gasteiger partial charge is 0.482 e. The van der Waals surface area contributed by atoms with Gasteiger partial charge in [0.1, 0.15) is 11.5 Å². The minimum atomic E-state index is -1.07. The van der Waals surface area contributed by atoms with Crippen molar-refractivity contribution in [3.8, 4) is 11.5 Å². The van der Waals surface area contributed by atoms with Gasteiger partial charge in [-0.3, -0.25) is 4.79 Å². The summed E-state index contributed by atoms with van der Waals surface area (Å²) < 4.78 is 11.5. The molecule has 0 saturated heterocycles. The molecule has 2 N–H and O–H groups in total. The van der Waals surface area contributed by atoms with Gasteiger partial charge in [-0.15, -0.1) is 0 Å². The lowest BCUT2D eigenvalue weighted by atomic mass is 10.2. The number of carbonyl (C=O) groups is 2. The van der Waals surface area contributed by atoms with E-state index in [0.29, 0.717) is 17.2 Å². The molecule has 0 radical (unpaired) electrons. The van der Waals surface area contributed by atoms with Gasteiger partial charge >= 0.3 is 5.97 Å². The van der Waals surface area contributed by atoms with Crippen molar-refractivity contribution in [2.75, 3.05) is 11.9 Å². The van der Waals surface area contributed by atoms with E-state index in [2.05, 4.69) is 21.2 Å². The highest BCUT2D eigenvalue weighted by Crippen LogP contribution is 2.25. The molecule has 2 rings (SSSR count). The van der Waals surface area contributed by atoms with Crippen LogP contribution in [-0.4, -0.2) is 29.7 Å². The number of benzene rings is 2. The summed E-state index contributed by atoms with van der Waals surface area (Å²) in [5, 5.41) is 11.3. The van der Waals surface area contributed by atoms with Crippen LogP contribution in [0.4, 0.5) is 5.69 Å². The summed E-state index contributed by atoms with van der Waals surface area (Å²) in [7, 11) is 0. The number of hydrogen-bond donors (Lipinski definition) is 2. The molecule has 24 heavy (non-hydrogen) atoms. The van der Waals surface area contributed by atoms with Gasteiger partial charge in [0.25, 0.3) is 5.91 Å². The zero-order valence-electron chi connectivity index (χ0n) is 12.9. The van der Waals surface area contributed by atoms with Crippen LogP contribution >= 0.6 is 15.9 Å². The predicted octanol–water partition coefficient (Wildman–Crippen LogP) is 3.32. The molecule has 2 aromatic rings. The molecule has 7 heteroatoms. The van der Waals surface area contributed by atoms with Crippen LogP contribution in [0.25, 0.3) is 0 Å². The third-order valence-corrected chi connectivity index (χ3v) is 3.63. The highest BCUT2D eigenvalue weighted by Gasteiger charge is 2.16. The molecule has 0 aromatic heterocycles. The Morgan fingerprint density at radius 1 is 1.21 bits per heavy atom. The van der Waals surface area contributed by atoms with Gasteiger partial charge in [-0.1, -0.05) is 18.2 Å². The SMILES string of the molecule is CC(Oc1ccccc1Br)C(=O)Nc1cccc(OCC(=O)O)c1. The van der Waals surface area contributed by atoms with Crippen molar-refractivity contribution in [2.24, 2.45) is 0 Å². The summed E-state index contributed by atoms with van der Waals surface area (Å²) >= 11 is 3.36. The second-order valence-electron chi connectivity index (χ2n) is 4.89. The second-order valence-corrected chi connectivity index (χ2v) is 5.74. The van der Waals surface area contributed by atoms with Gasteiger partial charge in [0.15, 0.2) is 12.7 Å². The molecule has 0 aliphatic rings. The quantitative estimate of drug-likeness (QED) is 0.753. The minimum Gasteiger partial charge on any atom is -0.482 e. The van der Waals surface area contributed by atoms with Crippen LogP contribution in [0, 0.1) is 0 Å². The Morgan fingerprint density at radius 2 is 1.96 bits per heavy atom. The highest BCUT2D eigenvalue weighted by molar-refractivity contribution is 9.10. The molecule has 1 atom stereocenters. The average Bonchev–Trinajstić information content (AvgIpc) is 2.55. The molecule has 6 nitrogen and oxygen atoms in total. The van der Waals surface area contributed by atoms with Crippen LogP contribution in [0.5, 0.6) is 11.5 Å². The summed E-state index contributed by atoms with van der Waals surface area (Å²) in [5.74, 6) is -0.477. The first kappa shape index (κ1) is 17.8. The van der Waals surface area contributed by atoms with Crippen LogP contribution in [-0.2, 0) is 9.59 Å². The smallest absolute Gasteiger partial charge is 0.341 e. The first-order valence-corrected chi connectivity index (χ1v) is 7.91. The van der Waals surface area contributed by atoms with Gasteiger partial charge in [0, 0.05) is 11.8 Å². The minimum absolute atomic E-state index is 0.332. The number of nitrogens with one attached hydrogen (secondary N) is 1. The zero-order chi connectivity index (χ0) is 17.5. The van der Waals surface area contributed by atoms with E-state index in [0.717, 1.165) is 4.47 Å². The van der Waals surface area contributed by atoms with Crippen molar-refractivity contribution >= 4 is 33.5 Å². The normalized spacial score (nSPS) is 11.4. The number of carbonyl (C=O) groups excluding carboxylic acids is 1. The summed E-state index contributed by atoms with van der Waals surface area (Å²) in [5.41, 5.74) is 0.491. The number of anilines is 1. The molecular formula is C17H16BrNO5. The Bertz CT molecular complexity index is 734. The van der Waals surface area contributed by atoms with Crippen molar-refractivity contribution in [1.82, 2.24) is 0 Å². The van der Waals surface area contributed by atoms with E-state index >= 15 is 0 Å². The Balaban J connectivity index is 1.97. The molecule has 126 valence electrons. The molecule has 1 unspecified atom stereocenters. The van der Waals surface area contributed by atoms with Crippen molar-refractivity contribution in [1.29, 1.82) is 0 Å². The predicted molar refractivity (Wildman–Crippen MR) is 92.4 cm³/mol. The van der Waals surface area contributed by atoms with E-state index in [4.69, 9.17) is 14.6 Å². The summed E-state index contributed by atoms with van der Waals surface area (Å²) in [4.78, 5) is 22.7. The summed E-state index contributed by atoms with van der Waals surface area (Å²) in [6, 6.07) is 13.7. The average molecular weight is 394 g/mol. The maximum absolute atomic E-state index is 12.2. The lowest BCUT2D eigenvalue weighted by Gasteiger charge is -2.16. The number of rotatable bonds is 7. The summed E-state index contributed by atoms with van der Waals surface area (Å²) in [6.45, 7) is 1.19. The Morgan fingerprint density at radius 3 is 2.67 bits per heavy atom. The van der Waals surface area contributed by atoms with E-state index in [-0.39, 0.29) is 5.91 Å². The molecule has 0 spiro atoms. The van der Waals surface area contributed by atoms with Gasteiger partial charge in [-0.25, -0.2) is 4.79 Å². The Labute approximate surface area is 147 Å². The molecule has 1 amide bonds. The molecule has 2 aromatic carbocycles. The number of amides is 1. The molecule has 0 aliphatic heterocycles. The fourth-order valence-corrected chi connectivity index (χ4v) is 2.22. The maximum atomic E-state index is 12.2. The number of carboxylic acids is 1. The van der Waals surface area contributed by atoms with Crippen LogP contribution < -0.4 is 14.8 Å². The monoisotopic (exact) mass is 393 g/mol. The van der Waals surface area contributed by atoms with Crippen LogP contribution in [0.1, 0.15) is 6.92 Å². The van der Waals surface area contributed by atoms with Crippen LogP contribution in [0.2, 0.25) is 0 Å². The number of aliphatic carboxylic acids is 1. The van der Waals surface area contributed by atoms with E-state index in [1.807, 2.05) is 18.2 Å². The van der Waals surface area contributed by atoms with E-state index in [1.54, 1.807) is 37.3 Å². The topological polar surface area (TPSA) is 84.9 Å². The van der Waals surface area contributed by atoms with Gasteiger partial charge in [0.05, 0.1) is 4.47 Å². The van der Waals surface area contributed by atoms with E-state index in [9.17, 15) is 9.59 Å². The lowest BCUT2D eigenvalue weighted by molar-refractivity contribution is -0.139. The summed E-state index contributed by atoms with van der Waals surface area (Å²) in [6.07, 6.45) is -0.715. The lowest BCUT2D eigenvalue weighted by Crippen LogP contribution is -2.30. The highest BCUT2D eigenvalue weighted by atomic mass is 79.9. The third kappa shape index (κ3) is 5.27. The first-order chi connectivity index (χ1) is 11.5. The molecule has 0 heterocycles. The van der Waals surface area contributed by atoms with Crippen LogP contribution in [0.3, 0.4) is 0 Å². The molecular weight excluding hydrogens is 378 g/mol. The standard InChI is InChI=1S/C17H16BrNO5/c1-11(24-15-8-3-2-7-14(15)18)17(22)19-12-5-4-6-13(9-12)23-10-16(20)21/h2-9,11H,10H2,1H3,(H,19,22)(H,20,21). The van der Waals surface area contributed by atoms with E-state index < -0.39 is 18.7 Å². The number of ether oxygens (including phenoxy) is 2. The maximum Gasteiger partial charge on any atom is 0.341 e. The van der Waals surface area contributed by atoms with Crippen molar-refractivity contribution in [3.63, 3.8) is 0 Å². The Hall–Kier alpha value is -2.54. The number of carboxylic acid groups (broad SMARTS) is 1. The van der Waals surface area contributed by atoms with Crippen molar-refractivity contribution in [3.05, 3.63) is 53.0 Å². The van der Waals surface area contributed by atoms with Gasteiger partial charge in [0.2, 0.25) is 0 Å². The number of para-hydroxylation sites is 1. The zero-order valence-corrected chi connectivity index (χ0v) is 14.4. The first-order valence-electron chi connectivity index (χ1n) is 7.12. The van der Waals surface area contributed by atoms with Crippen molar-refractivity contribution < 1.29 is 24.2 Å². The molecule has 0 fully saturated rings. The van der Waals surface area contributed by atoms with Crippen LogP contribution in [0.15, 0.2) is 53.0 Å².